The van der Waals surface area contributed by atoms with Crippen molar-refractivity contribution >= 4 is 16.7 Å². The number of benzene rings is 1. The van der Waals surface area contributed by atoms with Crippen molar-refractivity contribution < 1.29 is 17.7 Å². The second-order valence-electron chi connectivity index (χ2n) is 6.73. The molecule has 1 aliphatic rings. The zero-order valence-electron chi connectivity index (χ0n) is 15.4. The highest BCUT2D eigenvalue weighted by Crippen LogP contribution is 2.36. The summed E-state index contributed by atoms with van der Waals surface area (Å²) in [7, 11) is -2.01. The molecule has 0 amide bonds. The standard InChI is InChI=1S/C19H19F2N5O2S/c20-15-10-26(25-19(15)29(23)27)6-7-28-17-9-12(8-16(21)24-17)14-5-4-11-2-1-3-13(11)18(14)22/h4-5,8-10H,1-3,6-7,22-23H2. The number of halogens is 2. The number of nitrogen functional groups attached to an aromatic ring is 1. The van der Waals surface area contributed by atoms with Gasteiger partial charge in [0, 0.05) is 23.4 Å². The van der Waals surface area contributed by atoms with E-state index in [1.807, 2.05) is 12.1 Å². The van der Waals surface area contributed by atoms with Gasteiger partial charge >= 0.3 is 0 Å². The Labute approximate surface area is 168 Å². The van der Waals surface area contributed by atoms with Gasteiger partial charge in [-0.05, 0) is 36.0 Å². The third-order valence-corrected chi connectivity index (χ3v) is 5.51. The van der Waals surface area contributed by atoms with Gasteiger partial charge < -0.3 is 10.5 Å². The van der Waals surface area contributed by atoms with Crippen LogP contribution >= 0.6 is 0 Å². The second-order valence-corrected chi connectivity index (χ2v) is 7.71. The Balaban J connectivity index is 1.51. The van der Waals surface area contributed by atoms with E-state index in [0.29, 0.717) is 11.3 Å². The van der Waals surface area contributed by atoms with Crippen LogP contribution in [-0.4, -0.2) is 25.6 Å². The molecule has 29 heavy (non-hydrogen) atoms. The molecule has 0 radical (unpaired) electrons. The van der Waals surface area contributed by atoms with Crippen LogP contribution in [0.4, 0.5) is 14.5 Å². The van der Waals surface area contributed by atoms with Crippen LogP contribution in [0.25, 0.3) is 11.1 Å². The van der Waals surface area contributed by atoms with Gasteiger partial charge in [-0.2, -0.15) is 14.5 Å². The van der Waals surface area contributed by atoms with Gasteiger partial charge in [0.15, 0.2) is 10.8 Å². The third kappa shape index (κ3) is 3.99. The van der Waals surface area contributed by atoms with Crippen LogP contribution in [0.3, 0.4) is 0 Å². The van der Waals surface area contributed by atoms with Crippen molar-refractivity contribution in [3.8, 4) is 17.0 Å². The molecule has 10 heteroatoms. The predicted molar refractivity (Wildman–Crippen MR) is 104 cm³/mol. The van der Waals surface area contributed by atoms with Gasteiger partial charge in [0.2, 0.25) is 11.8 Å². The third-order valence-electron chi connectivity index (χ3n) is 4.86. The van der Waals surface area contributed by atoms with Crippen molar-refractivity contribution in [2.45, 2.75) is 30.8 Å². The zero-order valence-corrected chi connectivity index (χ0v) is 16.2. The molecule has 1 unspecified atom stereocenters. The molecule has 0 fully saturated rings. The molecule has 4 N–H and O–H groups in total. The first-order valence-corrected chi connectivity index (χ1v) is 10.2. The number of nitrogens with two attached hydrogens (primary N) is 2. The number of fused-ring (bicyclic) bond motifs is 1. The summed E-state index contributed by atoms with van der Waals surface area (Å²) in [6.45, 7) is 0.190. The smallest absolute Gasteiger partial charge is 0.216 e. The van der Waals surface area contributed by atoms with E-state index in [0.717, 1.165) is 36.6 Å². The Hall–Kier alpha value is -2.85. The summed E-state index contributed by atoms with van der Waals surface area (Å²) in [6, 6.07) is 6.84. The maximum atomic E-state index is 14.1. The maximum Gasteiger partial charge on any atom is 0.216 e. The molecule has 0 bridgehead atoms. The van der Waals surface area contributed by atoms with Crippen LogP contribution in [-0.2, 0) is 30.4 Å². The number of aromatic nitrogens is 3. The molecule has 3 aromatic rings. The highest BCUT2D eigenvalue weighted by Gasteiger charge is 2.18. The Morgan fingerprint density at radius 2 is 2.07 bits per heavy atom. The number of nitrogens with zero attached hydrogens (tertiary/aromatic N) is 3. The molecule has 1 aromatic carbocycles. The molecule has 4 rings (SSSR count). The molecule has 2 aromatic heterocycles. The van der Waals surface area contributed by atoms with E-state index in [9.17, 15) is 13.0 Å². The summed E-state index contributed by atoms with van der Waals surface area (Å²) in [5, 5.41) is 8.61. The number of hydrogen-bond acceptors (Lipinski definition) is 5. The van der Waals surface area contributed by atoms with E-state index in [1.165, 1.54) is 16.3 Å². The number of anilines is 1. The fraction of sp³-hybridized carbons (Fsp3) is 0.263. The van der Waals surface area contributed by atoms with Crippen LogP contribution in [0.1, 0.15) is 17.5 Å². The number of aryl methyl sites for hydroxylation is 1. The lowest BCUT2D eigenvalue weighted by Gasteiger charge is -2.12. The molecule has 1 aliphatic carbocycles. The summed E-state index contributed by atoms with van der Waals surface area (Å²) < 4.78 is 45.5. The first-order valence-electron chi connectivity index (χ1n) is 9.02. The summed E-state index contributed by atoms with van der Waals surface area (Å²) >= 11 is 0. The minimum atomic E-state index is -2.01. The zero-order chi connectivity index (χ0) is 20.5. The largest absolute Gasteiger partial charge is 0.476 e. The molecular weight excluding hydrogens is 400 g/mol. The van der Waals surface area contributed by atoms with Crippen molar-refractivity contribution in [3.05, 3.63) is 53.4 Å². The molecule has 0 saturated heterocycles. The van der Waals surface area contributed by atoms with Crippen LogP contribution in [0.15, 0.2) is 35.5 Å². The quantitative estimate of drug-likeness (QED) is 0.471. The molecule has 0 aliphatic heterocycles. The first kappa shape index (κ1) is 19.5. The SMILES string of the molecule is Nc1c(-c2cc(F)nc(OCCn3cc(F)c(S(N)=O)n3)c2)ccc2c1CCC2. The van der Waals surface area contributed by atoms with E-state index in [1.54, 1.807) is 6.07 Å². The summed E-state index contributed by atoms with van der Waals surface area (Å²) in [5.74, 6) is -1.37. The van der Waals surface area contributed by atoms with E-state index >= 15 is 0 Å². The van der Waals surface area contributed by atoms with E-state index in [-0.39, 0.29) is 24.1 Å². The maximum absolute atomic E-state index is 14.1. The average Bonchev–Trinajstić information content (AvgIpc) is 3.28. The van der Waals surface area contributed by atoms with Gasteiger partial charge in [-0.3, -0.25) is 4.68 Å². The Bertz CT molecular complexity index is 1100. The average molecular weight is 419 g/mol. The van der Waals surface area contributed by atoms with Crippen LogP contribution < -0.4 is 15.6 Å². The van der Waals surface area contributed by atoms with Gasteiger partial charge in [-0.25, -0.2) is 13.7 Å². The lowest BCUT2D eigenvalue weighted by atomic mass is 9.98. The van der Waals surface area contributed by atoms with E-state index in [2.05, 4.69) is 10.1 Å². The summed E-state index contributed by atoms with van der Waals surface area (Å²) in [5.41, 5.74) is 10.6. The molecule has 0 spiro atoms. The Morgan fingerprint density at radius 1 is 1.24 bits per heavy atom. The van der Waals surface area contributed by atoms with Crippen LogP contribution in [0.2, 0.25) is 0 Å². The topological polar surface area (TPSA) is 109 Å². The van der Waals surface area contributed by atoms with Crippen molar-refractivity contribution in [3.63, 3.8) is 0 Å². The van der Waals surface area contributed by atoms with Gasteiger partial charge in [-0.15, -0.1) is 0 Å². The lowest BCUT2D eigenvalue weighted by molar-refractivity contribution is 0.276. The monoisotopic (exact) mass is 419 g/mol. The molecule has 0 saturated carbocycles. The number of ether oxygens (including phenoxy) is 1. The van der Waals surface area contributed by atoms with Crippen molar-refractivity contribution in [2.75, 3.05) is 12.3 Å². The van der Waals surface area contributed by atoms with E-state index in [4.69, 9.17) is 15.6 Å². The summed E-state index contributed by atoms with van der Waals surface area (Å²) in [4.78, 5) is 3.74. The van der Waals surface area contributed by atoms with Crippen LogP contribution in [0, 0.1) is 11.8 Å². The lowest BCUT2D eigenvalue weighted by Crippen LogP contribution is -2.11. The molecule has 1 atom stereocenters. The van der Waals surface area contributed by atoms with E-state index < -0.39 is 22.8 Å². The Kier molecular flexibility index (Phi) is 5.29. The van der Waals surface area contributed by atoms with Crippen molar-refractivity contribution in [1.29, 1.82) is 0 Å². The number of rotatable bonds is 6. The van der Waals surface area contributed by atoms with Crippen molar-refractivity contribution in [2.24, 2.45) is 5.14 Å². The normalized spacial score (nSPS) is 14.0. The fourth-order valence-corrected chi connectivity index (χ4v) is 3.95. The Morgan fingerprint density at radius 3 is 2.83 bits per heavy atom. The highest BCUT2D eigenvalue weighted by molar-refractivity contribution is 7.82. The van der Waals surface area contributed by atoms with Gasteiger partial charge in [0.05, 0.1) is 12.7 Å². The minimum absolute atomic E-state index is 0.0489. The minimum Gasteiger partial charge on any atom is -0.476 e. The summed E-state index contributed by atoms with van der Waals surface area (Å²) in [6.07, 6.45) is 4.06. The van der Waals surface area contributed by atoms with Crippen molar-refractivity contribution in [1.82, 2.24) is 14.8 Å². The number of hydrogen-bond donors (Lipinski definition) is 2. The molecular formula is C19H19F2N5O2S. The fourth-order valence-electron chi connectivity index (χ4n) is 3.52. The van der Waals surface area contributed by atoms with Gasteiger partial charge in [-0.1, -0.05) is 12.1 Å². The molecule has 7 nitrogen and oxygen atoms in total. The molecule has 2 heterocycles. The predicted octanol–water partition coefficient (Wildman–Crippen LogP) is 2.35. The van der Waals surface area contributed by atoms with Gasteiger partial charge in [0.1, 0.15) is 17.6 Å². The highest BCUT2D eigenvalue weighted by atomic mass is 32.2. The van der Waals surface area contributed by atoms with Crippen LogP contribution in [0.5, 0.6) is 5.88 Å². The second kappa shape index (κ2) is 7.88. The first-order chi connectivity index (χ1) is 13.9. The van der Waals surface area contributed by atoms with Gasteiger partial charge in [0.25, 0.3) is 0 Å². The number of pyridine rings is 1. The molecule has 152 valence electrons.